The molecule has 0 unspecified atom stereocenters. The summed E-state index contributed by atoms with van der Waals surface area (Å²) in [6, 6.07) is 16.2. The Balaban J connectivity index is 1.39. The molecular weight excluding hydrogens is 414 g/mol. The van der Waals surface area contributed by atoms with Crippen molar-refractivity contribution in [3.05, 3.63) is 71.1 Å². The first-order chi connectivity index (χ1) is 14.8. The van der Waals surface area contributed by atoms with Gasteiger partial charge in [0.2, 0.25) is 10.7 Å². The van der Waals surface area contributed by atoms with Crippen molar-refractivity contribution in [2.24, 2.45) is 0 Å². The number of nitrogens with zero attached hydrogens (tertiary/aromatic N) is 7. The molecule has 152 valence electrons. The van der Waals surface area contributed by atoms with E-state index >= 15 is 0 Å². The molecule has 0 saturated carbocycles. The van der Waals surface area contributed by atoms with Crippen LogP contribution < -0.4 is 4.90 Å². The molecule has 7 nitrogen and oxygen atoms in total. The first-order valence-corrected chi connectivity index (χ1v) is 11.1. The van der Waals surface area contributed by atoms with Crippen LogP contribution >= 0.6 is 23.6 Å². The van der Waals surface area contributed by atoms with Gasteiger partial charge < -0.3 is 4.90 Å². The fraction of sp³-hybridized carbons (Fsp3) is 0.238. The molecule has 0 radical (unpaired) electrons. The van der Waals surface area contributed by atoms with E-state index in [1.165, 1.54) is 0 Å². The molecule has 1 aliphatic rings. The molecule has 5 rings (SSSR count). The number of rotatable bonds is 5. The van der Waals surface area contributed by atoms with Gasteiger partial charge in [-0.3, -0.25) is 9.47 Å². The number of hydrogen-bond donors (Lipinski definition) is 0. The quantitative estimate of drug-likeness (QED) is 0.446. The number of hydrogen-bond acceptors (Lipinski definition) is 7. The topological polar surface area (TPSA) is 55.0 Å². The van der Waals surface area contributed by atoms with Crippen molar-refractivity contribution in [3.8, 4) is 16.4 Å². The Morgan fingerprint density at radius 3 is 2.37 bits per heavy atom. The smallest absolute Gasteiger partial charge is 0.225 e. The number of thiophene rings is 1. The summed E-state index contributed by atoms with van der Waals surface area (Å²) in [7, 11) is 0. The third kappa shape index (κ3) is 3.79. The number of para-hydroxylation sites is 1. The summed E-state index contributed by atoms with van der Waals surface area (Å²) in [5.74, 6) is 1.68. The maximum absolute atomic E-state index is 5.85. The molecule has 1 aromatic carbocycles. The normalized spacial score (nSPS) is 14.9. The van der Waals surface area contributed by atoms with Crippen LogP contribution in [-0.2, 0) is 6.67 Å². The summed E-state index contributed by atoms with van der Waals surface area (Å²) in [5.41, 5.74) is 1.03. The van der Waals surface area contributed by atoms with Crippen LogP contribution in [0.3, 0.4) is 0 Å². The molecule has 0 spiro atoms. The average Bonchev–Trinajstić information content (AvgIpc) is 3.44. The molecular formula is C21H21N7S2. The van der Waals surface area contributed by atoms with E-state index in [-0.39, 0.29) is 0 Å². The largest absolute Gasteiger partial charge is 0.338 e. The monoisotopic (exact) mass is 435 g/mol. The van der Waals surface area contributed by atoms with Gasteiger partial charge in [0.05, 0.1) is 11.5 Å². The molecule has 0 aliphatic carbocycles. The standard InChI is InChI=1S/C21H21N7S2/c29-21-27(16-25-11-13-26(14-12-25)20-22-9-5-10-23-20)24-19(18-8-4-15-30-18)28(21)17-6-2-1-3-7-17/h1-10,15H,11-14,16H2. The Morgan fingerprint density at radius 2 is 1.67 bits per heavy atom. The number of piperazine rings is 1. The number of anilines is 1. The second-order valence-electron chi connectivity index (χ2n) is 7.05. The molecule has 3 aromatic heterocycles. The number of aromatic nitrogens is 5. The van der Waals surface area contributed by atoms with Crippen LogP contribution in [0.2, 0.25) is 0 Å². The SMILES string of the molecule is S=c1n(CN2CCN(c3ncccn3)CC2)nc(-c2cccs2)n1-c1ccccc1. The highest BCUT2D eigenvalue weighted by molar-refractivity contribution is 7.71. The van der Waals surface area contributed by atoms with Crippen LogP contribution in [-0.4, -0.2) is 55.4 Å². The molecule has 30 heavy (non-hydrogen) atoms. The Bertz CT molecular complexity index is 1150. The molecule has 1 fully saturated rings. The van der Waals surface area contributed by atoms with E-state index in [1.54, 1.807) is 23.7 Å². The summed E-state index contributed by atoms with van der Waals surface area (Å²) < 4.78 is 4.71. The van der Waals surface area contributed by atoms with Crippen LogP contribution in [0.1, 0.15) is 0 Å². The van der Waals surface area contributed by atoms with Gasteiger partial charge in [-0.15, -0.1) is 16.4 Å². The van der Waals surface area contributed by atoms with E-state index in [9.17, 15) is 0 Å². The van der Waals surface area contributed by atoms with Crippen LogP contribution in [0.15, 0.2) is 66.3 Å². The van der Waals surface area contributed by atoms with E-state index in [1.807, 2.05) is 35.0 Å². The highest BCUT2D eigenvalue weighted by Gasteiger charge is 2.21. The molecule has 4 heterocycles. The first kappa shape index (κ1) is 19.1. The van der Waals surface area contributed by atoms with Gasteiger partial charge >= 0.3 is 0 Å². The van der Waals surface area contributed by atoms with Crippen molar-refractivity contribution in [1.82, 2.24) is 29.2 Å². The van der Waals surface area contributed by atoms with Gasteiger partial charge in [0.1, 0.15) is 0 Å². The Hall–Kier alpha value is -2.88. The molecule has 0 atom stereocenters. The van der Waals surface area contributed by atoms with Crippen LogP contribution in [0, 0.1) is 4.77 Å². The molecule has 1 saturated heterocycles. The average molecular weight is 436 g/mol. The van der Waals surface area contributed by atoms with Crippen molar-refractivity contribution in [2.75, 3.05) is 31.1 Å². The molecule has 9 heteroatoms. The van der Waals surface area contributed by atoms with Crippen molar-refractivity contribution >= 4 is 29.5 Å². The van der Waals surface area contributed by atoms with Crippen molar-refractivity contribution in [3.63, 3.8) is 0 Å². The van der Waals surface area contributed by atoms with E-state index in [0.29, 0.717) is 11.4 Å². The first-order valence-electron chi connectivity index (χ1n) is 9.83. The maximum atomic E-state index is 5.85. The van der Waals surface area contributed by atoms with Gasteiger partial charge in [0.25, 0.3) is 0 Å². The van der Waals surface area contributed by atoms with Crippen molar-refractivity contribution in [2.45, 2.75) is 6.67 Å². The fourth-order valence-corrected chi connectivity index (χ4v) is 4.60. The predicted octanol–water partition coefficient (Wildman–Crippen LogP) is 3.70. The second kappa shape index (κ2) is 8.47. The van der Waals surface area contributed by atoms with Crippen LogP contribution in [0.5, 0.6) is 0 Å². The highest BCUT2D eigenvalue weighted by Crippen LogP contribution is 2.26. The lowest BCUT2D eigenvalue weighted by Gasteiger charge is -2.34. The third-order valence-corrected chi connectivity index (χ3v) is 6.40. The van der Waals surface area contributed by atoms with E-state index in [0.717, 1.165) is 48.5 Å². The van der Waals surface area contributed by atoms with Crippen LogP contribution in [0.25, 0.3) is 16.4 Å². The molecule has 0 bridgehead atoms. The van der Waals surface area contributed by atoms with Gasteiger partial charge in [0, 0.05) is 44.3 Å². The minimum Gasteiger partial charge on any atom is -0.338 e. The summed E-state index contributed by atoms with van der Waals surface area (Å²) in [6.07, 6.45) is 3.58. The summed E-state index contributed by atoms with van der Waals surface area (Å²) in [5, 5.41) is 6.97. The van der Waals surface area contributed by atoms with Gasteiger partial charge in [-0.25, -0.2) is 14.6 Å². The summed E-state index contributed by atoms with van der Waals surface area (Å²) >= 11 is 7.52. The molecule has 1 aliphatic heterocycles. The fourth-order valence-electron chi connectivity index (χ4n) is 3.61. The van der Waals surface area contributed by atoms with Crippen molar-refractivity contribution in [1.29, 1.82) is 0 Å². The lowest BCUT2D eigenvalue weighted by Crippen LogP contribution is -2.47. The summed E-state index contributed by atoms with van der Waals surface area (Å²) in [4.78, 5) is 14.4. The highest BCUT2D eigenvalue weighted by atomic mass is 32.1. The van der Waals surface area contributed by atoms with Crippen LogP contribution in [0.4, 0.5) is 5.95 Å². The zero-order chi connectivity index (χ0) is 20.3. The Kier molecular flexibility index (Phi) is 5.39. The van der Waals surface area contributed by atoms with E-state index < -0.39 is 0 Å². The van der Waals surface area contributed by atoms with Gasteiger partial charge in [-0.05, 0) is 41.9 Å². The lowest BCUT2D eigenvalue weighted by atomic mass is 10.3. The Labute approximate surface area is 183 Å². The minimum absolute atomic E-state index is 0.667. The predicted molar refractivity (Wildman–Crippen MR) is 122 cm³/mol. The van der Waals surface area contributed by atoms with E-state index in [4.69, 9.17) is 17.3 Å². The molecule has 0 amide bonds. The Morgan fingerprint density at radius 1 is 0.900 bits per heavy atom. The number of benzene rings is 1. The molecule has 0 N–H and O–H groups in total. The molecule has 4 aromatic rings. The van der Waals surface area contributed by atoms with Gasteiger partial charge in [-0.2, -0.15) is 0 Å². The van der Waals surface area contributed by atoms with E-state index in [2.05, 4.69) is 47.9 Å². The third-order valence-electron chi connectivity index (χ3n) is 5.14. The van der Waals surface area contributed by atoms with Gasteiger partial charge in [0.15, 0.2) is 5.82 Å². The lowest BCUT2D eigenvalue weighted by molar-refractivity contribution is 0.193. The summed E-state index contributed by atoms with van der Waals surface area (Å²) in [6.45, 7) is 4.25. The zero-order valence-electron chi connectivity index (χ0n) is 16.3. The minimum atomic E-state index is 0.667. The van der Waals surface area contributed by atoms with Crippen molar-refractivity contribution < 1.29 is 0 Å². The zero-order valence-corrected chi connectivity index (χ0v) is 18.0. The second-order valence-corrected chi connectivity index (χ2v) is 8.36. The van der Waals surface area contributed by atoms with Gasteiger partial charge in [-0.1, -0.05) is 24.3 Å². The maximum Gasteiger partial charge on any atom is 0.225 e.